The van der Waals surface area contributed by atoms with Crippen molar-refractivity contribution >= 4 is 21.8 Å². The van der Waals surface area contributed by atoms with Gasteiger partial charge in [0.1, 0.15) is 0 Å². The summed E-state index contributed by atoms with van der Waals surface area (Å²) in [7, 11) is -4.69. The quantitative estimate of drug-likeness (QED) is 0.398. The molecule has 7 heteroatoms. The minimum Gasteiger partial charge on any atom is -0.368 e. The molecule has 64 valence electrons. The second kappa shape index (κ2) is 2.97. The molecule has 0 heterocycles. The third-order valence-electron chi connectivity index (χ3n) is 0.925. The van der Waals surface area contributed by atoms with Crippen LogP contribution in [0.5, 0.6) is 0 Å². The predicted octanol–water partition coefficient (Wildman–Crippen LogP) is -1.68. The number of primary amides is 1. The van der Waals surface area contributed by atoms with E-state index in [1.165, 1.54) is 0 Å². The van der Waals surface area contributed by atoms with E-state index in [1.54, 1.807) is 0 Å². The monoisotopic (exact) mass is 181 g/mol. The summed E-state index contributed by atoms with van der Waals surface area (Å²) in [4.78, 5) is 20.6. The molecule has 0 spiro atoms. The molecule has 3 N–H and O–H groups in total. The summed E-state index contributed by atoms with van der Waals surface area (Å²) in [5.74, 6) is -2.38. The van der Waals surface area contributed by atoms with E-state index in [1.807, 2.05) is 0 Å². The van der Waals surface area contributed by atoms with Crippen molar-refractivity contribution in [3.8, 4) is 0 Å². The molecule has 0 radical (unpaired) electrons. The first-order chi connectivity index (χ1) is 4.76. The second-order valence-electron chi connectivity index (χ2n) is 1.91. The molecule has 1 atom stereocenters. The molecule has 0 fully saturated rings. The molecular formula is C4H7NO5S. The van der Waals surface area contributed by atoms with Crippen molar-refractivity contribution in [2.24, 2.45) is 5.73 Å². The fraction of sp³-hybridized carbons (Fsp3) is 0.500. The van der Waals surface area contributed by atoms with Gasteiger partial charge in [-0.25, -0.2) is 0 Å². The predicted molar refractivity (Wildman–Crippen MR) is 35.2 cm³/mol. The maximum absolute atomic E-state index is 10.4. The lowest BCUT2D eigenvalue weighted by Crippen LogP contribution is -2.40. The van der Waals surface area contributed by atoms with Gasteiger partial charge >= 0.3 is 0 Å². The van der Waals surface area contributed by atoms with Crippen molar-refractivity contribution in [1.82, 2.24) is 0 Å². The molecule has 0 aromatic heterocycles. The van der Waals surface area contributed by atoms with E-state index in [0.717, 1.165) is 6.92 Å². The van der Waals surface area contributed by atoms with Crippen molar-refractivity contribution in [2.45, 2.75) is 12.2 Å². The van der Waals surface area contributed by atoms with Gasteiger partial charge in [0, 0.05) is 0 Å². The van der Waals surface area contributed by atoms with E-state index in [-0.39, 0.29) is 0 Å². The number of carbonyl (C=O) groups excluding carboxylic acids is 2. The minimum absolute atomic E-state index is 0.850. The average Bonchev–Trinajstić information content (AvgIpc) is 1.54. The zero-order valence-electron chi connectivity index (χ0n) is 5.64. The first-order valence-corrected chi connectivity index (χ1v) is 4.03. The topological polar surface area (TPSA) is 115 Å². The highest BCUT2D eigenvalue weighted by molar-refractivity contribution is 7.88. The molecule has 0 aromatic rings. The summed E-state index contributed by atoms with van der Waals surface area (Å²) in [5, 5.41) is -2.14. The van der Waals surface area contributed by atoms with Crippen LogP contribution in [0, 0.1) is 0 Å². The minimum atomic E-state index is -4.69. The third-order valence-corrected chi connectivity index (χ3v) is 2.09. The summed E-state index contributed by atoms with van der Waals surface area (Å²) in [5.41, 5.74) is 4.52. The van der Waals surface area contributed by atoms with Crippen LogP contribution >= 0.6 is 0 Å². The summed E-state index contributed by atoms with van der Waals surface area (Å²) in [6, 6.07) is 0. The number of carbonyl (C=O) groups is 2. The van der Waals surface area contributed by atoms with E-state index in [0.29, 0.717) is 0 Å². The molecule has 0 aliphatic carbocycles. The third kappa shape index (κ3) is 2.64. The highest BCUT2D eigenvalue weighted by Crippen LogP contribution is 1.98. The molecule has 0 aliphatic heterocycles. The Bertz CT molecular complexity index is 265. The summed E-state index contributed by atoms with van der Waals surface area (Å²) >= 11 is 0. The lowest BCUT2D eigenvalue weighted by atomic mass is 10.3. The van der Waals surface area contributed by atoms with E-state index >= 15 is 0 Å². The Labute approximate surface area is 63.1 Å². The Morgan fingerprint density at radius 2 is 1.82 bits per heavy atom. The van der Waals surface area contributed by atoms with Gasteiger partial charge in [0.15, 0.2) is 5.78 Å². The maximum atomic E-state index is 10.4. The van der Waals surface area contributed by atoms with Crippen LogP contribution in [0.15, 0.2) is 0 Å². The van der Waals surface area contributed by atoms with Gasteiger partial charge in [-0.1, -0.05) is 0 Å². The highest BCUT2D eigenvalue weighted by atomic mass is 32.2. The molecule has 0 saturated carbocycles. The van der Waals surface area contributed by atoms with Crippen molar-refractivity contribution in [3.63, 3.8) is 0 Å². The molecular weight excluding hydrogens is 174 g/mol. The Hall–Kier alpha value is -0.950. The van der Waals surface area contributed by atoms with Crippen LogP contribution in [-0.2, 0) is 19.7 Å². The zero-order chi connectivity index (χ0) is 9.23. The zero-order valence-corrected chi connectivity index (χ0v) is 6.46. The smallest absolute Gasteiger partial charge is 0.284 e. The van der Waals surface area contributed by atoms with Crippen LogP contribution < -0.4 is 5.73 Å². The standard InChI is InChI=1S/C4H7NO5S/c1-2(6)3(4(5)7)11(8,9)10/h3H,1H3,(H2,5,7)(H,8,9,10). The Kier molecular flexibility index (Phi) is 2.71. The van der Waals surface area contributed by atoms with Crippen molar-refractivity contribution in [2.75, 3.05) is 0 Å². The number of hydrogen-bond donors (Lipinski definition) is 2. The van der Waals surface area contributed by atoms with Crippen LogP contribution in [0.2, 0.25) is 0 Å². The van der Waals surface area contributed by atoms with Crippen molar-refractivity contribution in [3.05, 3.63) is 0 Å². The molecule has 0 aromatic carbocycles. The molecule has 0 bridgehead atoms. The number of nitrogens with two attached hydrogens (primary N) is 1. The molecule has 11 heavy (non-hydrogen) atoms. The normalized spacial score (nSPS) is 14.0. The molecule has 0 saturated heterocycles. The van der Waals surface area contributed by atoms with Crippen LogP contribution in [-0.4, -0.2) is 29.9 Å². The van der Waals surface area contributed by atoms with Gasteiger partial charge in [0.2, 0.25) is 11.2 Å². The lowest BCUT2D eigenvalue weighted by molar-refractivity contribution is -0.124. The van der Waals surface area contributed by atoms with Gasteiger partial charge in [0.05, 0.1) is 0 Å². The highest BCUT2D eigenvalue weighted by Gasteiger charge is 2.33. The van der Waals surface area contributed by atoms with Crippen LogP contribution in [0.3, 0.4) is 0 Å². The van der Waals surface area contributed by atoms with E-state index < -0.39 is 27.1 Å². The van der Waals surface area contributed by atoms with Gasteiger partial charge in [-0.15, -0.1) is 0 Å². The second-order valence-corrected chi connectivity index (χ2v) is 3.41. The molecule has 0 rings (SSSR count). The number of rotatable bonds is 3. The Morgan fingerprint density at radius 3 is 1.82 bits per heavy atom. The Balaban J connectivity index is 4.94. The van der Waals surface area contributed by atoms with Crippen molar-refractivity contribution < 1.29 is 22.6 Å². The van der Waals surface area contributed by atoms with Crippen molar-refractivity contribution in [1.29, 1.82) is 0 Å². The van der Waals surface area contributed by atoms with Gasteiger partial charge < -0.3 is 5.73 Å². The van der Waals surface area contributed by atoms with Crippen LogP contribution in [0.4, 0.5) is 0 Å². The summed E-state index contributed by atoms with van der Waals surface area (Å²) < 4.78 is 28.8. The SMILES string of the molecule is CC(=O)C(C(N)=O)S(=O)(=O)O. The van der Waals surface area contributed by atoms with Crippen LogP contribution in [0.1, 0.15) is 6.92 Å². The number of hydrogen-bond acceptors (Lipinski definition) is 4. The first kappa shape index (κ1) is 10.0. The lowest BCUT2D eigenvalue weighted by Gasteiger charge is -2.03. The molecule has 0 aliphatic rings. The number of Topliss-reactive ketones (excluding diaryl/α,β-unsaturated/α-hetero) is 1. The fourth-order valence-corrected chi connectivity index (χ4v) is 1.27. The van der Waals surface area contributed by atoms with Gasteiger partial charge in [0.25, 0.3) is 10.1 Å². The first-order valence-electron chi connectivity index (χ1n) is 2.53. The van der Waals surface area contributed by atoms with Gasteiger partial charge in [-0.2, -0.15) is 8.42 Å². The summed E-state index contributed by atoms with van der Waals surface area (Å²) in [6.45, 7) is 0.850. The Morgan fingerprint density at radius 1 is 1.45 bits per heavy atom. The van der Waals surface area contributed by atoms with E-state index in [4.69, 9.17) is 4.55 Å². The average molecular weight is 181 g/mol. The fourth-order valence-electron chi connectivity index (χ4n) is 0.557. The molecule has 1 unspecified atom stereocenters. The van der Waals surface area contributed by atoms with E-state index in [2.05, 4.69) is 5.73 Å². The maximum Gasteiger partial charge on any atom is 0.284 e. The van der Waals surface area contributed by atoms with Gasteiger partial charge in [-0.05, 0) is 6.92 Å². The number of amides is 1. The number of ketones is 1. The van der Waals surface area contributed by atoms with Crippen LogP contribution in [0.25, 0.3) is 0 Å². The molecule has 6 nitrogen and oxygen atoms in total. The summed E-state index contributed by atoms with van der Waals surface area (Å²) in [6.07, 6.45) is 0. The van der Waals surface area contributed by atoms with E-state index in [9.17, 15) is 18.0 Å². The van der Waals surface area contributed by atoms with Gasteiger partial charge in [-0.3, -0.25) is 14.1 Å². The molecule has 1 amide bonds. The largest absolute Gasteiger partial charge is 0.368 e.